The number of halogens is 1. The summed E-state index contributed by atoms with van der Waals surface area (Å²) in [4.78, 5) is 39.3. The molecule has 7 nitrogen and oxygen atoms in total. The number of nitrogens with one attached hydrogen (secondary N) is 1. The second-order valence-electron chi connectivity index (χ2n) is 8.85. The lowest BCUT2D eigenvalue weighted by molar-refractivity contribution is -0.145. The number of rotatable bonds is 10. The van der Waals surface area contributed by atoms with E-state index in [1.54, 1.807) is 25.3 Å². The van der Waals surface area contributed by atoms with Crippen molar-refractivity contribution >= 4 is 17.8 Å². The van der Waals surface area contributed by atoms with E-state index in [1.807, 2.05) is 23.1 Å². The van der Waals surface area contributed by atoms with E-state index in [0.29, 0.717) is 44.5 Å². The van der Waals surface area contributed by atoms with Crippen molar-refractivity contribution in [3.8, 4) is 5.75 Å². The summed E-state index contributed by atoms with van der Waals surface area (Å²) in [7, 11) is 2.89. The summed E-state index contributed by atoms with van der Waals surface area (Å²) >= 11 is 0. The fraction of sp³-hybridized carbons (Fsp3) is 0.444. The minimum atomic E-state index is -0.773. The number of piperidine rings is 1. The maximum Gasteiger partial charge on any atom is 0.328 e. The first-order valence-electron chi connectivity index (χ1n) is 11.9. The van der Waals surface area contributed by atoms with E-state index in [2.05, 4.69) is 5.32 Å². The summed E-state index contributed by atoms with van der Waals surface area (Å²) in [5.74, 6) is -0.0969. The summed E-state index contributed by atoms with van der Waals surface area (Å²) < 4.78 is 23.3. The second-order valence-corrected chi connectivity index (χ2v) is 8.85. The Bertz CT molecular complexity index is 1000. The van der Waals surface area contributed by atoms with Crippen molar-refractivity contribution in [2.75, 3.05) is 27.3 Å². The highest BCUT2D eigenvalue weighted by Crippen LogP contribution is 2.22. The number of amides is 2. The zero-order valence-corrected chi connectivity index (χ0v) is 20.3. The summed E-state index contributed by atoms with van der Waals surface area (Å²) in [6.07, 6.45) is 2.89. The lowest BCUT2D eigenvalue weighted by Gasteiger charge is -2.32. The maximum atomic E-state index is 13.3. The summed E-state index contributed by atoms with van der Waals surface area (Å²) in [5, 5.41) is 2.81. The molecule has 1 unspecified atom stereocenters. The van der Waals surface area contributed by atoms with Crippen molar-refractivity contribution in [3.05, 3.63) is 65.5 Å². The average molecular weight is 485 g/mol. The molecule has 0 saturated carbocycles. The quantitative estimate of drug-likeness (QED) is 0.523. The molecule has 0 bridgehead atoms. The Morgan fingerprint density at radius 3 is 2.40 bits per heavy atom. The van der Waals surface area contributed by atoms with E-state index in [0.717, 1.165) is 24.0 Å². The largest absolute Gasteiger partial charge is 0.497 e. The van der Waals surface area contributed by atoms with Gasteiger partial charge in [0.05, 0.1) is 14.2 Å². The van der Waals surface area contributed by atoms with Crippen LogP contribution in [-0.2, 0) is 32.0 Å². The zero-order chi connectivity index (χ0) is 25.2. The van der Waals surface area contributed by atoms with E-state index < -0.39 is 12.0 Å². The smallest absolute Gasteiger partial charge is 0.328 e. The Morgan fingerprint density at radius 1 is 1.06 bits per heavy atom. The van der Waals surface area contributed by atoms with Gasteiger partial charge in [-0.3, -0.25) is 9.59 Å². The fourth-order valence-electron chi connectivity index (χ4n) is 4.34. The van der Waals surface area contributed by atoms with Crippen LogP contribution in [0.15, 0.2) is 48.5 Å². The molecule has 2 aromatic carbocycles. The third-order valence-electron chi connectivity index (χ3n) is 6.38. The summed E-state index contributed by atoms with van der Waals surface area (Å²) in [6.45, 7) is 1.18. The van der Waals surface area contributed by atoms with Crippen LogP contribution in [0.25, 0.3) is 0 Å². The average Bonchev–Trinajstić information content (AvgIpc) is 2.87. The number of esters is 1. The molecule has 2 aromatic rings. The van der Waals surface area contributed by atoms with Crippen LogP contribution >= 0.6 is 0 Å². The van der Waals surface area contributed by atoms with Gasteiger partial charge in [-0.05, 0) is 60.6 Å². The summed E-state index contributed by atoms with van der Waals surface area (Å²) in [6, 6.07) is 12.8. The number of aryl methyl sites for hydroxylation is 1. The number of carbonyl (C=O) groups excluding carboxylic acids is 3. The van der Waals surface area contributed by atoms with Crippen LogP contribution in [0.5, 0.6) is 5.75 Å². The molecule has 0 aromatic heterocycles. The van der Waals surface area contributed by atoms with Crippen LogP contribution in [-0.4, -0.2) is 56.0 Å². The number of nitrogens with zero attached hydrogens (tertiary/aromatic N) is 1. The normalized spacial score (nSPS) is 14.8. The van der Waals surface area contributed by atoms with Gasteiger partial charge in [-0.15, -0.1) is 0 Å². The molecular formula is C27H33FN2O5. The molecule has 1 fully saturated rings. The Labute approximate surface area is 205 Å². The van der Waals surface area contributed by atoms with Crippen molar-refractivity contribution in [1.29, 1.82) is 0 Å². The molecule has 1 aliphatic heterocycles. The molecule has 0 spiro atoms. The lowest BCUT2D eigenvalue weighted by atomic mass is 9.92. The predicted octanol–water partition coefficient (Wildman–Crippen LogP) is 3.30. The van der Waals surface area contributed by atoms with Gasteiger partial charge in [-0.25, -0.2) is 9.18 Å². The highest BCUT2D eigenvalue weighted by molar-refractivity contribution is 5.84. The van der Waals surface area contributed by atoms with Crippen LogP contribution in [0.4, 0.5) is 4.39 Å². The van der Waals surface area contributed by atoms with Crippen molar-refractivity contribution < 1.29 is 28.2 Å². The molecule has 8 heteroatoms. The van der Waals surface area contributed by atoms with E-state index in [1.165, 1.54) is 19.2 Å². The lowest BCUT2D eigenvalue weighted by Crippen LogP contribution is -2.44. The molecule has 1 N–H and O–H groups in total. The van der Waals surface area contributed by atoms with Crippen LogP contribution in [0.1, 0.15) is 36.8 Å². The van der Waals surface area contributed by atoms with Gasteiger partial charge in [0.1, 0.15) is 17.6 Å². The van der Waals surface area contributed by atoms with E-state index in [-0.39, 0.29) is 23.5 Å². The molecule has 3 rings (SSSR count). The van der Waals surface area contributed by atoms with Gasteiger partial charge in [0.25, 0.3) is 0 Å². The van der Waals surface area contributed by atoms with Crippen molar-refractivity contribution in [2.24, 2.45) is 5.92 Å². The Hall–Kier alpha value is -3.42. The van der Waals surface area contributed by atoms with Crippen molar-refractivity contribution in [2.45, 2.75) is 44.6 Å². The van der Waals surface area contributed by atoms with E-state index in [9.17, 15) is 18.8 Å². The molecule has 1 saturated heterocycles. The molecule has 1 aliphatic rings. The third-order valence-corrected chi connectivity index (χ3v) is 6.38. The van der Waals surface area contributed by atoms with Gasteiger partial charge in [0, 0.05) is 32.4 Å². The molecule has 0 aliphatic carbocycles. The first-order valence-corrected chi connectivity index (χ1v) is 11.9. The minimum Gasteiger partial charge on any atom is -0.497 e. The predicted molar refractivity (Wildman–Crippen MR) is 129 cm³/mol. The van der Waals surface area contributed by atoms with Crippen LogP contribution in [0.2, 0.25) is 0 Å². The Kier molecular flexibility index (Phi) is 9.64. The molecular weight excluding hydrogens is 451 g/mol. The second kappa shape index (κ2) is 12.9. The topological polar surface area (TPSA) is 84.9 Å². The highest BCUT2D eigenvalue weighted by Gasteiger charge is 2.27. The minimum absolute atomic E-state index is 0.0439. The SMILES string of the molecule is COC(=O)C(Cc1ccc(OC)cc1)NC(=O)CC1CCN(C(=O)CCc2cccc(F)c2)CC1. The van der Waals surface area contributed by atoms with Crippen LogP contribution in [0.3, 0.4) is 0 Å². The van der Waals surface area contributed by atoms with Crippen LogP contribution in [0, 0.1) is 11.7 Å². The third kappa shape index (κ3) is 8.09. The Balaban J connectivity index is 1.44. The van der Waals surface area contributed by atoms with Gasteiger partial charge in [-0.1, -0.05) is 24.3 Å². The number of benzene rings is 2. The van der Waals surface area contributed by atoms with Gasteiger partial charge < -0.3 is 19.7 Å². The van der Waals surface area contributed by atoms with Gasteiger partial charge in [0.15, 0.2) is 0 Å². The first-order chi connectivity index (χ1) is 16.9. The molecule has 188 valence electrons. The van der Waals surface area contributed by atoms with Gasteiger partial charge >= 0.3 is 5.97 Å². The fourth-order valence-corrected chi connectivity index (χ4v) is 4.34. The zero-order valence-electron chi connectivity index (χ0n) is 20.3. The molecule has 1 atom stereocenters. The molecule has 35 heavy (non-hydrogen) atoms. The van der Waals surface area contributed by atoms with Gasteiger partial charge in [0.2, 0.25) is 11.8 Å². The van der Waals surface area contributed by atoms with Crippen LogP contribution < -0.4 is 10.1 Å². The molecule has 2 amide bonds. The van der Waals surface area contributed by atoms with Crippen molar-refractivity contribution in [3.63, 3.8) is 0 Å². The van der Waals surface area contributed by atoms with Crippen molar-refractivity contribution in [1.82, 2.24) is 10.2 Å². The first kappa shape index (κ1) is 26.2. The number of hydrogen-bond acceptors (Lipinski definition) is 5. The van der Waals surface area contributed by atoms with E-state index >= 15 is 0 Å². The standard InChI is InChI=1S/C27H33FN2O5/c1-34-23-9-6-20(7-10-23)17-24(27(33)35-2)29-25(31)18-21-12-14-30(15-13-21)26(32)11-8-19-4-3-5-22(28)16-19/h3-7,9-10,16,21,24H,8,11-15,17-18H2,1-2H3,(H,29,31). The number of hydrogen-bond donors (Lipinski definition) is 1. The van der Waals surface area contributed by atoms with E-state index in [4.69, 9.17) is 9.47 Å². The number of methoxy groups -OCH3 is 2. The highest BCUT2D eigenvalue weighted by atomic mass is 19.1. The number of likely N-dealkylation sites (tertiary alicyclic amines) is 1. The summed E-state index contributed by atoms with van der Waals surface area (Å²) in [5.41, 5.74) is 1.69. The maximum absolute atomic E-state index is 13.3. The number of ether oxygens (including phenoxy) is 2. The monoisotopic (exact) mass is 484 g/mol. The molecule has 1 heterocycles. The number of carbonyl (C=O) groups is 3. The van der Waals surface area contributed by atoms with Gasteiger partial charge in [-0.2, -0.15) is 0 Å². The Morgan fingerprint density at radius 2 is 1.77 bits per heavy atom. The molecule has 0 radical (unpaired) electrons.